The van der Waals surface area contributed by atoms with Crippen molar-refractivity contribution < 1.29 is 9.59 Å². The Morgan fingerprint density at radius 1 is 0.727 bits per heavy atom. The average molecular weight is 453 g/mol. The molecule has 1 unspecified atom stereocenters. The van der Waals surface area contributed by atoms with Gasteiger partial charge in [0, 0.05) is 10.6 Å². The third-order valence-electron chi connectivity index (χ3n) is 6.07. The number of carbonyl (C=O) groups is 2. The van der Waals surface area contributed by atoms with Gasteiger partial charge in [0.2, 0.25) is 0 Å². The highest BCUT2D eigenvalue weighted by Gasteiger charge is 2.56. The van der Waals surface area contributed by atoms with Crippen LogP contribution >= 0.6 is 11.6 Å². The Labute approximate surface area is 197 Å². The highest BCUT2D eigenvalue weighted by atomic mass is 35.5. The fourth-order valence-corrected chi connectivity index (χ4v) is 4.74. The number of nitrogens with one attached hydrogen (secondary N) is 1. The van der Waals surface area contributed by atoms with Crippen LogP contribution in [0.5, 0.6) is 0 Å². The van der Waals surface area contributed by atoms with Crippen LogP contribution in [0.1, 0.15) is 33.1 Å². The van der Waals surface area contributed by atoms with Crippen LogP contribution in [-0.4, -0.2) is 16.8 Å². The van der Waals surface area contributed by atoms with Gasteiger partial charge in [0.15, 0.2) is 0 Å². The van der Waals surface area contributed by atoms with Gasteiger partial charge in [-0.1, -0.05) is 103 Å². The van der Waals surface area contributed by atoms with E-state index in [1.165, 1.54) is 4.90 Å². The number of hydrogen-bond donors (Lipinski definition) is 1. The normalized spacial score (nSPS) is 16.9. The zero-order valence-electron chi connectivity index (χ0n) is 17.7. The standard InChI is InChI=1S/C28H21ClN2O2/c29-24-18-16-20(17-19-24)25-28(22-12-6-2-7-13-22,23-14-8-3-9-15-23)30-27(33)31(25)26(32)21-10-4-1-5-11-21/h1-19,25H,(H,30,33). The Bertz CT molecular complexity index is 1240. The third-order valence-corrected chi connectivity index (χ3v) is 6.33. The van der Waals surface area contributed by atoms with Gasteiger partial charge in [-0.2, -0.15) is 0 Å². The van der Waals surface area contributed by atoms with Gasteiger partial charge in [-0.25, -0.2) is 9.69 Å². The molecular weight excluding hydrogens is 432 g/mol. The molecule has 1 aliphatic heterocycles. The summed E-state index contributed by atoms with van der Waals surface area (Å²) in [6, 6.07) is 34.6. The van der Waals surface area contributed by atoms with Crippen LogP contribution in [0.2, 0.25) is 5.02 Å². The number of benzene rings is 4. The van der Waals surface area contributed by atoms with Crippen molar-refractivity contribution in [1.29, 1.82) is 0 Å². The van der Waals surface area contributed by atoms with E-state index in [0.717, 1.165) is 16.7 Å². The van der Waals surface area contributed by atoms with Crippen molar-refractivity contribution in [3.63, 3.8) is 0 Å². The van der Waals surface area contributed by atoms with Gasteiger partial charge in [-0.15, -0.1) is 0 Å². The maximum atomic E-state index is 13.7. The van der Waals surface area contributed by atoms with E-state index in [9.17, 15) is 9.59 Å². The number of carbonyl (C=O) groups excluding carboxylic acids is 2. The maximum absolute atomic E-state index is 13.7. The first-order valence-corrected chi connectivity index (χ1v) is 11.1. The molecule has 4 nitrogen and oxygen atoms in total. The molecule has 3 amide bonds. The highest BCUT2D eigenvalue weighted by molar-refractivity contribution is 6.30. The van der Waals surface area contributed by atoms with Gasteiger partial charge in [0.25, 0.3) is 5.91 Å². The molecule has 1 aliphatic rings. The first-order chi connectivity index (χ1) is 16.1. The smallest absolute Gasteiger partial charge is 0.321 e. The topological polar surface area (TPSA) is 49.4 Å². The summed E-state index contributed by atoms with van der Waals surface area (Å²) in [6.45, 7) is 0. The monoisotopic (exact) mass is 452 g/mol. The number of nitrogens with zero attached hydrogens (tertiary/aromatic N) is 1. The zero-order chi connectivity index (χ0) is 22.8. The van der Waals surface area contributed by atoms with Gasteiger partial charge in [-0.05, 0) is 41.0 Å². The molecule has 1 saturated heterocycles. The van der Waals surface area contributed by atoms with E-state index in [1.807, 2.05) is 78.9 Å². The van der Waals surface area contributed by atoms with E-state index >= 15 is 0 Å². The van der Waals surface area contributed by atoms with Crippen LogP contribution in [-0.2, 0) is 5.54 Å². The Morgan fingerprint density at radius 3 is 1.73 bits per heavy atom. The fourth-order valence-electron chi connectivity index (χ4n) is 4.61. The minimum Gasteiger partial charge on any atom is -0.321 e. The summed E-state index contributed by atoms with van der Waals surface area (Å²) in [4.78, 5) is 28.6. The number of imide groups is 1. The molecule has 0 aromatic heterocycles. The van der Waals surface area contributed by atoms with Gasteiger partial charge in [0.05, 0.1) is 6.04 Å². The van der Waals surface area contributed by atoms with Crippen LogP contribution in [0.25, 0.3) is 0 Å². The van der Waals surface area contributed by atoms with Crippen molar-refractivity contribution in [2.24, 2.45) is 0 Å². The van der Waals surface area contributed by atoms with Crippen LogP contribution in [0.3, 0.4) is 0 Å². The SMILES string of the molecule is O=C1NC(c2ccccc2)(c2ccccc2)C(c2ccc(Cl)cc2)N1C(=O)c1ccccc1. The van der Waals surface area contributed by atoms with E-state index in [0.29, 0.717) is 10.6 Å². The first kappa shape index (κ1) is 21.0. The molecule has 0 spiro atoms. The van der Waals surface area contributed by atoms with Crippen molar-refractivity contribution in [2.75, 3.05) is 0 Å². The van der Waals surface area contributed by atoms with Gasteiger partial charge >= 0.3 is 6.03 Å². The lowest BCUT2D eigenvalue weighted by Gasteiger charge is -2.37. The summed E-state index contributed by atoms with van der Waals surface area (Å²) in [5, 5.41) is 3.78. The minimum atomic E-state index is -0.988. The first-order valence-electron chi connectivity index (χ1n) is 10.7. The quantitative estimate of drug-likeness (QED) is 0.401. The summed E-state index contributed by atoms with van der Waals surface area (Å²) in [6.07, 6.45) is 0. The summed E-state index contributed by atoms with van der Waals surface area (Å²) in [7, 11) is 0. The predicted molar refractivity (Wildman–Crippen MR) is 129 cm³/mol. The van der Waals surface area contributed by atoms with Crippen LogP contribution in [0, 0.1) is 0 Å². The predicted octanol–water partition coefficient (Wildman–Crippen LogP) is 6.19. The van der Waals surface area contributed by atoms with E-state index in [4.69, 9.17) is 11.6 Å². The number of halogens is 1. The molecular formula is C28H21ClN2O2. The Kier molecular flexibility index (Phi) is 5.45. The van der Waals surface area contributed by atoms with Crippen LogP contribution in [0.4, 0.5) is 4.79 Å². The van der Waals surface area contributed by atoms with E-state index < -0.39 is 17.6 Å². The molecule has 5 heteroatoms. The molecule has 0 saturated carbocycles. The van der Waals surface area contributed by atoms with E-state index in [1.54, 1.807) is 36.4 Å². The molecule has 0 radical (unpaired) electrons. The molecule has 1 N–H and O–H groups in total. The van der Waals surface area contributed by atoms with E-state index in [-0.39, 0.29) is 5.91 Å². The van der Waals surface area contributed by atoms with Crippen LogP contribution in [0.15, 0.2) is 115 Å². The van der Waals surface area contributed by atoms with Crippen LogP contribution < -0.4 is 5.32 Å². The zero-order valence-corrected chi connectivity index (χ0v) is 18.4. The van der Waals surface area contributed by atoms with Crippen molar-refractivity contribution in [2.45, 2.75) is 11.6 Å². The third kappa shape index (κ3) is 3.59. The molecule has 162 valence electrons. The lowest BCUT2D eigenvalue weighted by atomic mass is 9.75. The number of amides is 3. The second-order valence-corrected chi connectivity index (χ2v) is 8.40. The second-order valence-electron chi connectivity index (χ2n) is 7.97. The van der Waals surface area contributed by atoms with Crippen molar-refractivity contribution >= 4 is 23.5 Å². The maximum Gasteiger partial charge on any atom is 0.326 e. The van der Waals surface area contributed by atoms with Gasteiger partial charge in [0.1, 0.15) is 5.54 Å². The molecule has 4 aromatic rings. The molecule has 0 aliphatic carbocycles. The van der Waals surface area contributed by atoms with Crippen molar-refractivity contribution in [3.05, 3.63) is 143 Å². The molecule has 4 aromatic carbocycles. The average Bonchev–Trinajstić information content (AvgIpc) is 3.19. The van der Waals surface area contributed by atoms with Crippen molar-refractivity contribution in [3.8, 4) is 0 Å². The summed E-state index contributed by atoms with van der Waals surface area (Å²) < 4.78 is 0. The minimum absolute atomic E-state index is 0.359. The summed E-state index contributed by atoms with van der Waals surface area (Å²) >= 11 is 6.18. The van der Waals surface area contributed by atoms with Crippen molar-refractivity contribution in [1.82, 2.24) is 10.2 Å². The molecule has 1 heterocycles. The lowest BCUT2D eigenvalue weighted by molar-refractivity contribution is 0.0759. The fraction of sp³-hybridized carbons (Fsp3) is 0.0714. The Morgan fingerprint density at radius 2 is 1.21 bits per heavy atom. The van der Waals surface area contributed by atoms with Gasteiger partial charge < -0.3 is 5.32 Å². The second kappa shape index (κ2) is 8.57. The molecule has 1 atom stereocenters. The Hall–Kier alpha value is -3.89. The molecule has 0 bridgehead atoms. The summed E-state index contributed by atoms with van der Waals surface area (Å²) in [5.74, 6) is -0.359. The molecule has 1 fully saturated rings. The molecule has 33 heavy (non-hydrogen) atoms. The number of hydrogen-bond acceptors (Lipinski definition) is 2. The summed E-state index contributed by atoms with van der Waals surface area (Å²) in [5.41, 5.74) is 2.02. The number of rotatable bonds is 4. The largest absolute Gasteiger partial charge is 0.326 e. The van der Waals surface area contributed by atoms with Gasteiger partial charge in [-0.3, -0.25) is 4.79 Å². The van der Waals surface area contributed by atoms with E-state index in [2.05, 4.69) is 5.32 Å². The Balaban J connectivity index is 1.78. The lowest BCUT2D eigenvalue weighted by Crippen LogP contribution is -2.43. The number of urea groups is 1. The molecule has 5 rings (SSSR count). The highest BCUT2D eigenvalue weighted by Crippen LogP contribution is 2.49.